The Morgan fingerprint density at radius 2 is 2.40 bits per heavy atom. The van der Waals surface area contributed by atoms with E-state index in [1.165, 1.54) is 0 Å². The largest absolute Gasteiger partial charge is 0.489 e. The van der Waals surface area contributed by atoms with Gasteiger partial charge in [-0.15, -0.1) is 0 Å². The number of nitrogens with one attached hydrogen (secondary N) is 1. The number of fused-ring (bicyclic) bond motifs is 1. The standard InChI is InChI=1S/C11H13NO3/c1-7-5-12-6-9-3-2-8(11(13)14)4-10(9)15-7/h2-4,7,12H,5-6H2,1H3,(H,13,14)/t7-/m1/s1. The van der Waals surface area contributed by atoms with Gasteiger partial charge >= 0.3 is 5.97 Å². The van der Waals surface area contributed by atoms with E-state index in [2.05, 4.69) is 5.32 Å². The third kappa shape index (κ3) is 2.10. The lowest BCUT2D eigenvalue weighted by molar-refractivity contribution is 0.0696. The van der Waals surface area contributed by atoms with E-state index in [0.717, 1.165) is 18.7 Å². The topological polar surface area (TPSA) is 58.6 Å². The van der Waals surface area contributed by atoms with Gasteiger partial charge in [-0.2, -0.15) is 0 Å². The molecule has 0 radical (unpaired) electrons. The Bertz CT molecular complexity index is 389. The highest BCUT2D eigenvalue weighted by atomic mass is 16.5. The molecule has 0 aromatic heterocycles. The number of carbonyl (C=O) groups is 1. The molecular weight excluding hydrogens is 194 g/mol. The summed E-state index contributed by atoms with van der Waals surface area (Å²) in [6, 6.07) is 4.98. The van der Waals surface area contributed by atoms with Gasteiger partial charge in [0.05, 0.1) is 5.56 Å². The maximum atomic E-state index is 10.8. The second kappa shape index (κ2) is 3.90. The molecule has 80 valence electrons. The molecular formula is C11H13NO3. The Hall–Kier alpha value is -1.55. The molecule has 0 amide bonds. The minimum Gasteiger partial charge on any atom is -0.489 e. The van der Waals surface area contributed by atoms with Crippen LogP contribution < -0.4 is 10.1 Å². The molecule has 1 heterocycles. The van der Waals surface area contributed by atoms with Gasteiger partial charge in [0, 0.05) is 18.7 Å². The SMILES string of the molecule is C[C@@H]1CNCc2ccc(C(=O)O)cc2O1. The Balaban J connectivity index is 2.37. The van der Waals surface area contributed by atoms with Crippen LogP contribution in [-0.4, -0.2) is 23.7 Å². The molecule has 0 spiro atoms. The minimum absolute atomic E-state index is 0.0651. The molecule has 1 atom stereocenters. The zero-order chi connectivity index (χ0) is 10.8. The van der Waals surface area contributed by atoms with Crippen molar-refractivity contribution in [3.05, 3.63) is 29.3 Å². The van der Waals surface area contributed by atoms with Crippen molar-refractivity contribution < 1.29 is 14.6 Å². The Morgan fingerprint density at radius 3 is 3.13 bits per heavy atom. The van der Waals surface area contributed by atoms with E-state index in [1.807, 2.05) is 6.92 Å². The van der Waals surface area contributed by atoms with Crippen LogP contribution in [0.5, 0.6) is 5.75 Å². The molecule has 0 fully saturated rings. The number of carboxylic acids is 1. The molecule has 1 aliphatic heterocycles. The van der Waals surface area contributed by atoms with Gasteiger partial charge in [-0.25, -0.2) is 4.79 Å². The van der Waals surface area contributed by atoms with Crippen molar-refractivity contribution in [1.82, 2.24) is 5.32 Å². The molecule has 1 aromatic rings. The number of carboxylic acid groups (broad SMARTS) is 1. The van der Waals surface area contributed by atoms with E-state index in [0.29, 0.717) is 5.75 Å². The van der Waals surface area contributed by atoms with Gasteiger partial charge in [-0.1, -0.05) is 6.07 Å². The molecule has 4 nitrogen and oxygen atoms in total. The smallest absolute Gasteiger partial charge is 0.335 e. The summed E-state index contributed by atoms with van der Waals surface area (Å²) in [6.07, 6.45) is 0.0651. The molecule has 0 saturated heterocycles. The number of aromatic carboxylic acids is 1. The quantitative estimate of drug-likeness (QED) is 0.727. The van der Waals surface area contributed by atoms with Crippen LogP contribution in [0.25, 0.3) is 0 Å². The van der Waals surface area contributed by atoms with E-state index < -0.39 is 5.97 Å². The van der Waals surface area contributed by atoms with Crippen molar-refractivity contribution >= 4 is 5.97 Å². The van der Waals surface area contributed by atoms with Crippen LogP contribution in [0.2, 0.25) is 0 Å². The molecule has 1 aliphatic rings. The van der Waals surface area contributed by atoms with Crippen LogP contribution in [0.4, 0.5) is 0 Å². The van der Waals surface area contributed by atoms with Gasteiger partial charge in [-0.05, 0) is 19.1 Å². The molecule has 2 N–H and O–H groups in total. The van der Waals surface area contributed by atoms with Gasteiger partial charge in [0.1, 0.15) is 11.9 Å². The fourth-order valence-electron chi connectivity index (χ4n) is 1.61. The van der Waals surface area contributed by atoms with Crippen LogP contribution >= 0.6 is 0 Å². The van der Waals surface area contributed by atoms with Crippen molar-refractivity contribution in [3.63, 3.8) is 0 Å². The van der Waals surface area contributed by atoms with Crippen molar-refractivity contribution in [3.8, 4) is 5.75 Å². The second-order valence-corrected chi connectivity index (χ2v) is 3.69. The molecule has 0 saturated carbocycles. The third-order valence-electron chi connectivity index (χ3n) is 2.39. The summed E-state index contributed by atoms with van der Waals surface area (Å²) in [7, 11) is 0. The lowest BCUT2D eigenvalue weighted by atomic mass is 10.1. The Kier molecular flexibility index (Phi) is 2.60. The van der Waals surface area contributed by atoms with Crippen molar-refractivity contribution in [1.29, 1.82) is 0 Å². The summed E-state index contributed by atoms with van der Waals surface area (Å²) < 4.78 is 5.62. The molecule has 0 aliphatic carbocycles. The first-order valence-corrected chi connectivity index (χ1v) is 4.90. The highest BCUT2D eigenvalue weighted by Crippen LogP contribution is 2.23. The van der Waals surface area contributed by atoms with E-state index in [4.69, 9.17) is 9.84 Å². The van der Waals surface area contributed by atoms with Crippen molar-refractivity contribution in [2.45, 2.75) is 19.6 Å². The van der Waals surface area contributed by atoms with Crippen LogP contribution in [0.15, 0.2) is 18.2 Å². The number of hydrogen-bond donors (Lipinski definition) is 2. The van der Waals surface area contributed by atoms with Crippen LogP contribution in [0.1, 0.15) is 22.8 Å². The van der Waals surface area contributed by atoms with Gasteiger partial charge in [0.15, 0.2) is 0 Å². The van der Waals surface area contributed by atoms with Crippen LogP contribution in [-0.2, 0) is 6.54 Å². The first kappa shape index (κ1) is 9.98. The summed E-state index contributed by atoms with van der Waals surface area (Å²) >= 11 is 0. The average Bonchev–Trinajstić information content (AvgIpc) is 2.37. The predicted molar refractivity (Wildman–Crippen MR) is 55.2 cm³/mol. The van der Waals surface area contributed by atoms with Gasteiger partial charge < -0.3 is 15.2 Å². The monoisotopic (exact) mass is 207 g/mol. The molecule has 0 bridgehead atoms. The number of hydrogen-bond acceptors (Lipinski definition) is 3. The van der Waals surface area contributed by atoms with E-state index >= 15 is 0 Å². The minimum atomic E-state index is -0.925. The van der Waals surface area contributed by atoms with Crippen LogP contribution in [0, 0.1) is 0 Å². The zero-order valence-electron chi connectivity index (χ0n) is 8.49. The third-order valence-corrected chi connectivity index (χ3v) is 2.39. The Morgan fingerprint density at radius 1 is 1.60 bits per heavy atom. The summed E-state index contributed by atoms with van der Waals surface area (Å²) in [5, 5.41) is 12.1. The first-order chi connectivity index (χ1) is 7.16. The fourth-order valence-corrected chi connectivity index (χ4v) is 1.61. The molecule has 4 heteroatoms. The second-order valence-electron chi connectivity index (χ2n) is 3.69. The maximum Gasteiger partial charge on any atom is 0.335 e. The van der Waals surface area contributed by atoms with E-state index in [1.54, 1.807) is 18.2 Å². The summed E-state index contributed by atoms with van der Waals surface area (Å²) in [6.45, 7) is 3.45. The number of rotatable bonds is 1. The van der Waals surface area contributed by atoms with Gasteiger partial charge in [-0.3, -0.25) is 0 Å². The summed E-state index contributed by atoms with van der Waals surface area (Å²) in [4.78, 5) is 10.8. The molecule has 1 aromatic carbocycles. The van der Waals surface area contributed by atoms with E-state index in [-0.39, 0.29) is 11.7 Å². The number of ether oxygens (including phenoxy) is 1. The fraction of sp³-hybridized carbons (Fsp3) is 0.364. The van der Waals surface area contributed by atoms with E-state index in [9.17, 15) is 4.79 Å². The number of benzene rings is 1. The predicted octanol–water partition coefficient (Wildman–Crippen LogP) is 1.26. The van der Waals surface area contributed by atoms with Crippen molar-refractivity contribution in [2.24, 2.45) is 0 Å². The summed E-state index contributed by atoms with van der Waals surface area (Å²) in [5.41, 5.74) is 1.27. The lowest BCUT2D eigenvalue weighted by Crippen LogP contribution is -2.24. The zero-order valence-corrected chi connectivity index (χ0v) is 8.49. The lowest BCUT2D eigenvalue weighted by Gasteiger charge is -2.12. The van der Waals surface area contributed by atoms with Crippen LogP contribution in [0.3, 0.4) is 0 Å². The van der Waals surface area contributed by atoms with Gasteiger partial charge in [0.2, 0.25) is 0 Å². The highest BCUT2D eigenvalue weighted by molar-refractivity contribution is 5.88. The normalized spacial score (nSPS) is 19.9. The first-order valence-electron chi connectivity index (χ1n) is 4.90. The maximum absolute atomic E-state index is 10.8. The molecule has 15 heavy (non-hydrogen) atoms. The van der Waals surface area contributed by atoms with Crippen molar-refractivity contribution in [2.75, 3.05) is 6.54 Å². The Labute approximate surface area is 87.9 Å². The molecule has 2 rings (SSSR count). The molecule has 0 unspecified atom stereocenters. The average molecular weight is 207 g/mol. The highest BCUT2D eigenvalue weighted by Gasteiger charge is 2.15. The summed E-state index contributed by atoms with van der Waals surface area (Å²) in [5.74, 6) is -0.251. The van der Waals surface area contributed by atoms with Gasteiger partial charge in [0.25, 0.3) is 0 Å².